The zero-order chi connectivity index (χ0) is 15.9. The second kappa shape index (κ2) is 5.29. The number of hydrogen-bond acceptors (Lipinski definition) is 4. The second-order valence-corrected chi connectivity index (χ2v) is 5.29. The maximum absolute atomic E-state index is 12.2. The number of nitrogens with zero attached hydrogens (tertiary/aromatic N) is 3. The molecule has 1 aliphatic rings. The molecule has 0 radical (unpaired) electrons. The highest BCUT2D eigenvalue weighted by Crippen LogP contribution is 2.24. The summed E-state index contributed by atoms with van der Waals surface area (Å²) in [5, 5.41) is 0. The molecular formula is C16H17N3O3. The van der Waals surface area contributed by atoms with Crippen molar-refractivity contribution in [3.63, 3.8) is 0 Å². The van der Waals surface area contributed by atoms with Crippen LogP contribution in [0.4, 0.5) is 5.82 Å². The molecular weight excluding hydrogens is 282 g/mol. The molecule has 6 nitrogen and oxygen atoms in total. The van der Waals surface area contributed by atoms with Gasteiger partial charge in [-0.25, -0.2) is 9.79 Å². The fraction of sp³-hybridized carbons (Fsp3) is 0.312. The van der Waals surface area contributed by atoms with E-state index in [1.54, 1.807) is 14.2 Å². The van der Waals surface area contributed by atoms with Crippen LogP contribution in [-0.4, -0.2) is 22.0 Å². The molecule has 114 valence electrons. The third kappa shape index (κ3) is 2.16. The van der Waals surface area contributed by atoms with E-state index in [9.17, 15) is 9.59 Å². The van der Waals surface area contributed by atoms with E-state index in [0.29, 0.717) is 24.2 Å². The van der Waals surface area contributed by atoms with Crippen LogP contribution in [-0.2, 0) is 20.5 Å². The number of rotatable bonds is 2. The van der Waals surface area contributed by atoms with Crippen LogP contribution in [0.2, 0.25) is 0 Å². The van der Waals surface area contributed by atoms with Crippen molar-refractivity contribution in [2.45, 2.75) is 12.8 Å². The lowest BCUT2D eigenvalue weighted by Gasteiger charge is -2.18. The minimum absolute atomic E-state index is 0.254. The molecule has 0 saturated carbocycles. The van der Waals surface area contributed by atoms with Crippen LogP contribution in [0.15, 0.2) is 38.8 Å². The predicted octanol–water partition coefficient (Wildman–Crippen LogP) is 1.16. The van der Waals surface area contributed by atoms with E-state index in [1.807, 2.05) is 24.3 Å². The summed E-state index contributed by atoms with van der Waals surface area (Å²) in [5.41, 5.74) is 1.83. The first-order valence-electron chi connectivity index (χ1n) is 7.04. The largest absolute Gasteiger partial charge is 0.497 e. The standard InChI is InChI=1S/C16H17N3O3/c1-18-14-12(15(20)19(2)16(18)21)8-9-13(17-14)10-4-6-11(22-3)7-5-10/h4-7H,8-9H2,1-3H3. The van der Waals surface area contributed by atoms with Crippen molar-refractivity contribution in [2.24, 2.45) is 19.1 Å². The third-order valence-corrected chi connectivity index (χ3v) is 4.00. The van der Waals surface area contributed by atoms with E-state index in [2.05, 4.69) is 4.99 Å². The fourth-order valence-electron chi connectivity index (χ4n) is 2.68. The molecule has 3 rings (SSSR count). The molecule has 1 aromatic heterocycles. The molecule has 1 aliphatic heterocycles. The van der Waals surface area contributed by atoms with Gasteiger partial charge in [-0.05, 0) is 42.7 Å². The van der Waals surface area contributed by atoms with Crippen LogP contribution in [0, 0.1) is 0 Å². The summed E-state index contributed by atoms with van der Waals surface area (Å²) in [6.45, 7) is 0. The van der Waals surface area contributed by atoms with Gasteiger partial charge in [0, 0.05) is 14.1 Å². The summed E-state index contributed by atoms with van der Waals surface area (Å²) < 4.78 is 7.71. The van der Waals surface area contributed by atoms with Crippen LogP contribution in [0.1, 0.15) is 17.5 Å². The summed E-state index contributed by atoms with van der Waals surface area (Å²) in [6.07, 6.45) is 1.26. The molecule has 0 saturated heterocycles. The smallest absolute Gasteiger partial charge is 0.332 e. The van der Waals surface area contributed by atoms with E-state index in [0.717, 1.165) is 21.6 Å². The Labute approximate surface area is 127 Å². The molecule has 0 fully saturated rings. The highest BCUT2D eigenvalue weighted by molar-refractivity contribution is 6.03. The van der Waals surface area contributed by atoms with Gasteiger partial charge in [0.25, 0.3) is 5.56 Å². The Morgan fingerprint density at radius 3 is 2.36 bits per heavy atom. The van der Waals surface area contributed by atoms with E-state index in [4.69, 9.17) is 4.74 Å². The molecule has 6 heteroatoms. The lowest BCUT2D eigenvalue weighted by molar-refractivity contribution is 0.415. The van der Waals surface area contributed by atoms with E-state index in [1.165, 1.54) is 11.6 Å². The van der Waals surface area contributed by atoms with Gasteiger partial charge < -0.3 is 4.74 Å². The van der Waals surface area contributed by atoms with Crippen molar-refractivity contribution in [3.05, 3.63) is 56.2 Å². The Morgan fingerprint density at radius 2 is 1.73 bits per heavy atom. The van der Waals surface area contributed by atoms with Gasteiger partial charge in [0.15, 0.2) is 0 Å². The zero-order valence-electron chi connectivity index (χ0n) is 12.8. The highest BCUT2D eigenvalue weighted by atomic mass is 16.5. The summed E-state index contributed by atoms with van der Waals surface area (Å²) in [7, 11) is 4.75. The first-order valence-corrected chi connectivity index (χ1v) is 7.04. The van der Waals surface area contributed by atoms with Crippen molar-refractivity contribution >= 4 is 11.5 Å². The number of aromatic nitrogens is 2. The first-order chi connectivity index (χ1) is 10.5. The maximum Gasteiger partial charge on any atom is 0.332 e. The Kier molecular flexibility index (Phi) is 3.44. The van der Waals surface area contributed by atoms with Crippen LogP contribution < -0.4 is 16.0 Å². The maximum atomic E-state index is 12.2. The van der Waals surface area contributed by atoms with Crippen LogP contribution in [0.3, 0.4) is 0 Å². The quantitative estimate of drug-likeness (QED) is 0.836. The molecule has 0 amide bonds. The molecule has 0 atom stereocenters. The highest BCUT2D eigenvalue weighted by Gasteiger charge is 2.21. The van der Waals surface area contributed by atoms with Gasteiger partial charge in [0.1, 0.15) is 11.6 Å². The molecule has 0 aliphatic carbocycles. The van der Waals surface area contributed by atoms with Crippen molar-refractivity contribution in [1.82, 2.24) is 9.13 Å². The number of aliphatic imine (C=N–C) groups is 1. The molecule has 0 N–H and O–H groups in total. The van der Waals surface area contributed by atoms with Crippen LogP contribution in [0.25, 0.3) is 0 Å². The van der Waals surface area contributed by atoms with Gasteiger partial charge in [-0.15, -0.1) is 0 Å². The van der Waals surface area contributed by atoms with E-state index >= 15 is 0 Å². The molecule has 0 bridgehead atoms. The molecule has 0 unspecified atom stereocenters. The van der Waals surface area contributed by atoms with Gasteiger partial charge in [0.05, 0.1) is 18.4 Å². The molecule has 2 aromatic rings. The Balaban J connectivity index is 2.14. The third-order valence-electron chi connectivity index (χ3n) is 4.00. The topological polar surface area (TPSA) is 65.6 Å². The van der Waals surface area contributed by atoms with E-state index < -0.39 is 0 Å². The van der Waals surface area contributed by atoms with Gasteiger partial charge in [-0.2, -0.15) is 0 Å². The number of benzene rings is 1. The summed E-state index contributed by atoms with van der Waals surface area (Å²) in [5.74, 6) is 1.24. The summed E-state index contributed by atoms with van der Waals surface area (Å²) in [4.78, 5) is 28.8. The second-order valence-electron chi connectivity index (χ2n) is 5.29. The lowest BCUT2D eigenvalue weighted by atomic mass is 9.99. The number of fused-ring (bicyclic) bond motifs is 1. The number of ether oxygens (including phenoxy) is 1. The predicted molar refractivity (Wildman–Crippen MR) is 84.4 cm³/mol. The Morgan fingerprint density at radius 1 is 1.05 bits per heavy atom. The Bertz CT molecular complexity index is 873. The van der Waals surface area contributed by atoms with Gasteiger partial charge in [-0.3, -0.25) is 13.9 Å². The summed E-state index contributed by atoms with van der Waals surface area (Å²) >= 11 is 0. The average Bonchev–Trinajstić information content (AvgIpc) is 2.57. The lowest BCUT2D eigenvalue weighted by Crippen LogP contribution is -2.39. The van der Waals surface area contributed by atoms with E-state index in [-0.39, 0.29) is 11.2 Å². The molecule has 1 aromatic carbocycles. The number of hydrogen-bond donors (Lipinski definition) is 0. The average molecular weight is 299 g/mol. The van der Waals surface area contributed by atoms with Crippen molar-refractivity contribution < 1.29 is 4.74 Å². The first kappa shape index (κ1) is 14.3. The minimum Gasteiger partial charge on any atom is -0.497 e. The van der Waals surface area contributed by atoms with Crippen molar-refractivity contribution in [2.75, 3.05) is 7.11 Å². The van der Waals surface area contributed by atoms with Crippen molar-refractivity contribution in [1.29, 1.82) is 0 Å². The molecule has 2 heterocycles. The van der Waals surface area contributed by atoms with Gasteiger partial charge in [0.2, 0.25) is 0 Å². The monoisotopic (exact) mass is 299 g/mol. The van der Waals surface area contributed by atoms with Crippen LogP contribution in [0.5, 0.6) is 5.75 Å². The fourth-order valence-corrected chi connectivity index (χ4v) is 2.68. The zero-order valence-corrected chi connectivity index (χ0v) is 12.8. The number of methoxy groups -OCH3 is 1. The van der Waals surface area contributed by atoms with Gasteiger partial charge in [-0.1, -0.05) is 0 Å². The SMILES string of the molecule is COc1ccc(C2=Nc3c(c(=O)n(C)c(=O)n3C)CC2)cc1. The molecule has 22 heavy (non-hydrogen) atoms. The summed E-state index contributed by atoms with van der Waals surface area (Å²) in [6, 6.07) is 7.61. The van der Waals surface area contributed by atoms with Crippen LogP contribution >= 0.6 is 0 Å². The Hall–Kier alpha value is -2.63. The van der Waals surface area contributed by atoms with Gasteiger partial charge >= 0.3 is 5.69 Å². The van der Waals surface area contributed by atoms with Crippen molar-refractivity contribution in [3.8, 4) is 5.75 Å². The molecule has 0 spiro atoms. The minimum atomic E-state index is -0.358. The normalized spacial score (nSPS) is 13.5.